The number of halogens is 1. The molecule has 0 aliphatic rings. The highest BCUT2D eigenvalue weighted by atomic mass is 79.9. The van der Waals surface area contributed by atoms with Crippen LogP contribution in [0.1, 0.15) is 25.7 Å². The van der Waals surface area contributed by atoms with E-state index in [2.05, 4.69) is 26.1 Å². The first-order chi connectivity index (χ1) is 9.34. The van der Waals surface area contributed by atoms with Gasteiger partial charge in [-0.05, 0) is 26.0 Å². The number of benzene rings is 1. The molecular weight excluding hydrogens is 342 g/mol. The zero-order chi connectivity index (χ0) is 14.9. The van der Waals surface area contributed by atoms with Gasteiger partial charge in [0.15, 0.2) is 15.7 Å². The van der Waals surface area contributed by atoms with Crippen molar-refractivity contribution in [1.82, 2.24) is 14.8 Å². The molecule has 0 saturated carbocycles. The maximum atomic E-state index is 11.6. The van der Waals surface area contributed by atoms with Gasteiger partial charge in [-0.25, -0.2) is 8.42 Å². The molecule has 0 bridgehead atoms. The summed E-state index contributed by atoms with van der Waals surface area (Å²) in [5.74, 6) is 1.50. The van der Waals surface area contributed by atoms with Gasteiger partial charge < -0.3 is 4.57 Å². The van der Waals surface area contributed by atoms with Gasteiger partial charge in [-0.2, -0.15) is 0 Å². The molecule has 20 heavy (non-hydrogen) atoms. The molecule has 0 N–H and O–H groups in total. The summed E-state index contributed by atoms with van der Waals surface area (Å²) in [4.78, 5) is 0.286. The van der Waals surface area contributed by atoms with Gasteiger partial charge in [0.25, 0.3) is 0 Å². The Labute approximate surface area is 127 Å². The van der Waals surface area contributed by atoms with Crippen LogP contribution >= 0.6 is 15.9 Å². The highest BCUT2D eigenvalue weighted by molar-refractivity contribution is 9.08. The maximum absolute atomic E-state index is 11.6. The van der Waals surface area contributed by atoms with Crippen molar-refractivity contribution in [3.8, 4) is 11.4 Å². The zero-order valence-corrected chi connectivity index (χ0v) is 13.9. The largest absolute Gasteiger partial charge is 0.308 e. The normalized spacial score (nSPS) is 12.1. The smallest absolute Gasteiger partial charge is 0.175 e. The van der Waals surface area contributed by atoms with Gasteiger partial charge in [0, 0.05) is 17.9 Å². The van der Waals surface area contributed by atoms with E-state index in [0.717, 1.165) is 11.4 Å². The molecule has 0 saturated heterocycles. The second-order valence-corrected chi connectivity index (χ2v) is 7.41. The van der Waals surface area contributed by atoms with Gasteiger partial charge in [0.2, 0.25) is 0 Å². The fourth-order valence-electron chi connectivity index (χ4n) is 2.02. The van der Waals surface area contributed by atoms with Crippen LogP contribution in [0.4, 0.5) is 0 Å². The minimum atomic E-state index is -3.23. The van der Waals surface area contributed by atoms with Gasteiger partial charge in [-0.15, -0.1) is 10.2 Å². The van der Waals surface area contributed by atoms with E-state index in [9.17, 15) is 8.42 Å². The SMILES string of the molecule is CC(C)n1c(CBr)nnc1-c1cccc(S(C)(=O)=O)c1. The molecule has 0 amide bonds. The van der Waals surface area contributed by atoms with E-state index >= 15 is 0 Å². The van der Waals surface area contributed by atoms with Crippen molar-refractivity contribution < 1.29 is 8.42 Å². The summed E-state index contributed by atoms with van der Waals surface area (Å²) < 4.78 is 25.3. The lowest BCUT2D eigenvalue weighted by atomic mass is 10.2. The average molecular weight is 358 g/mol. The summed E-state index contributed by atoms with van der Waals surface area (Å²) in [7, 11) is -3.23. The van der Waals surface area contributed by atoms with Crippen molar-refractivity contribution in [2.75, 3.05) is 6.26 Å². The molecular formula is C13H16BrN3O2S. The van der Waals surface area contributed by atoms with E-state index in [1.54, 1.807) is 18.2 Å². The van der Waals surface area contributed by atoms with Crippen molar-refractivity contribution in [1.29, 1.82) is 0 Å². The minimum absolute atomic E-state index is 0.189. The van der Waals surface area contributed by atoms with Crippen LogP contribution in [0.5, 0.6) is 0 Å². The molecule has 2 rings (SSSR count). The van der Waals surface area contributed by atoms with Crippen molar-refractivity contribution in [3.05, 3.63) is 30.1 Å². The molecule has 0 fully saturated rings. The van der Waals surface area contributed by atoms with Crippen LogP contribution in [0.3, 0.4) is 0 Å². The molecule has 0 spiro atoms. The van der Waals surface area contributed by atoms with Crippen LogP contribution in [0.2, 0.25) is 0 Å². The summed E-state index contributed by atoms with van der Waals surface area (Å²) in [5.41, 5.74) is 0.751. The van der Waals surface area contributed by atoms with E-state index in [1.807, 2.05) is 24.5 Å². The molecule has 7 heteroatoms. The quantitative estimate of drug-likeness (QED) is 0.789. The number of nitrogens with zero attached hydrogens (tertiary/aromatic N) is 3. The standard InChI is InChI=1S/C13H16BrN3O2S/c1-9(2)17-12(8-14)15-16-13(17)10-5-4-6-11(7-10)20(3,18)19/h4-7,9H,8H2,1-3H3. The van der Waals surface area contributed by atoms with E-state index in [-0.39, 0.29) is 10.9 Å². The number of aromatic nitrogens is 3. The second kappa shape index (κ2) is 5.65. The highest BCUT2D eigenvalue weighted by Crippen LogP contribution is 2.25. The highest BCUT2D eigenvalue weighted by Gasteiger charge is 2.17. The Hall–Kier alpha value is -1.21. The molecule has 5 nitrogen and oxygen atoms in total. The summed E-state index contributed by atoms with van der Waals surface area (Å²) in [5, 5.41) is 8.93. The molecule has 0 radical (unpaired) electrons. The molecule has 108 valence electrons. The van der Waals surface area contributed by atoms with Gasteiger partial charge in [0.1, 0.15) is 5.82 Å². The first kappa shape index (κ1) is 15.2. The fourth-order valence-corrected chi connectivity index (χ4v) is 3.07. The van der Waals surface area contributed by atoms with Crippen LogP contribution in [-0.4, -0.2) is 29.4 Å². The van der Waals surface area contributed by atoms with Gasteiger partial charge >= 0.3 is 0 Å². The van der Waals surface area contributed by atoms with Crippen LogP contribution in [0.15, 0.2) is 29.2 Å². The van der Waals surface area contributed by atoms with Gasteiger partial charge in [-0.3, -0.25) is 0 Å². The van der Waals surface area contributed by atoms with Crippen LogP contribution in [0.25, 0.3) is 11.4 Å². The Balaban J connectivity index is 2.61. The molecule has 0 unspecified atom stereocenters. The molecule has 2 aromatic rings. The number of rotatable bonds is 4. The van der Waals surface area contributed by atoms with Gasteiger partial charge in [0.05, 0.1) is 10.2 Å². The third kappa shape index (κ3) is 2.93. The monoisotopic (exact) mass is 357 g/mol. The third-order valence-corrected chi connectivity index (χ3v) is 4.53. The van der Waals surface area contributed by atoms with E-state index < -0.39 is 9.84 Å². The van der Waals surface area contributed by atoms with Crippen molar-refractivity contribution in [2.45, 2.75) is 30.1 Å². The summed E-state index contributed by atoms with van der Waals surface area (Å²) in [6.07, 6.45) is 1.20. The summed E-state index contributed by atoms with van der Waals surface area (Å²) in [6, 6.07) is 6.97. The van der Waals surface area contributed by atoms with Gasteiger partial charge in [-0.1, -0.05) is 28.1 Å². The predicted molar refractivity (Wildman–Crippen MR) is 81.6 cm³/mol. The lowest BCUT2D eigenvalue weighted by Crippen LogP contribution is -2.07. The maximum Gasteiger partial charge on any atom is 0.175 e. The molecule has 1 aromatic carbocycles. The Morgan fingerprint density at radius 3 is 2.55 bits per heavy atom. The Morgan fingerprint density at radius 1 is 1.30 bits per heavy atom. The second-order valence-electron chi connectivity index (χ2n) is 4.84. The van der Waals surface area contributed by atoms with E-state index in [1.165, 1.54) is 6.26 Å². The van der Waals surface area contributed by atoms with Crippen LogP contribution in [0, 0.1) is 0 Å². The Kier molecular flexibility index (Phi) is 4.29. The Morgan fingerprint density at radius 2 is 2.00 bits per heavy atom. The van der Waals surface area contributed by atoms with Crippen molar-refractivity contribution in [3.63, 3.8) is 0 Å². The average Bonchev–Trinajstić information content (AvgIpc) is 2.81. The molecule has 0 atom stereocenters. The number of alkyl halides is 1. The predicted octanol–water partition coefficient (Wildman–Crippen LogP) is 2.82. The first-order valence-corrected chi connectivity index (χ1v) is 9.16. The van der Waals surface area contributed by atoms with Crippen LogP contribution in [-0.2, 0) is 15.2 Å². The van der Waals surface area contributed by atoms with E-state index in [0.29, 0.717) is 11.2 Å². The lowest BCUT2D eigenvalue weighted by molar-refractivity contribution is 0.586. The van der Waals surface area contributed by atoms with E-state index in [4.69, 9.17) is 0 Å². The fraction of sp³-hybridized carbons (Fsp3) is 0.385. The van der Waals surface area contributed by atoms with Crippen LogP contribution < -0.4 is 0 Å². The zero-order valence-electron chi connectivity index (χ0n) is 11.5. The third-order valence-electron chi connectivity index (χ3n) is 2.92. The number of hydrogen-bond acceptors (Lipinski definition) is 4. The number of hydrogen-bond donors (Lipinski definition) is 0. The molecule has 0 aliphatic heterocycles. The van der Waals surface area contributed by atoms with Crippen molar-refractivity contribution in [2.24, 2.45) is 0 Å². The summed E-state index contributed by atoms with van der Waals surface area (Å²) in [6.45, 7) is 4.08. The summed E-state index contributed by atoms with van der Waals surface area (Å²) >= 11 is 3.39. The molecule has 1 heterocycles. The molecule has 1 aromatic heterocycles. The topological polar surface area (TPSA) is 64.8 Å². The minimum Gasteiger partial charge on any atom is -0.308 e. The van der Waals surface area contributed by atoms with Crippen molar-refractivity contribution >= 4 is 25.8 Å². The lowest BCUT2D eigenvalue weighted by Gasteiger charge is -2.13. The number of sulfone groups is 1. The first-order valence-electron chi connectivity index (χ1n) is 6.15. The Bertz CT molecular complexity index is 723. The molecule has 0 aliphatic carbocycles.